The summed E-state index contributed by atoms with van der Waals surface area (Å²) in [4.78, 5) is 8.20. The first kappa shape index (κ1) is 10.3. The van der Waals surface area contributed by atoms with E-state index < -0.39 is 0 Å². The van der Waals surface area contributed by atoms with Crippen molar-refractivity contribution in [3.05, 3.63) is 30.5 Å². The van der Waals surface area contributed by atoms with E-state index in [2.05, 4.69) is 25.5 Å². The zero-order valence-electron chi connectivity index (χ0n) is 9.38. The van der Waals surface area contributed by atoms with Crippen molar-refractivity contribution >= 4 is 34.2 Å². The number of anilines is 4. The Morgan fingerprint density at radius 3 is 2.61 bits per heavy atom. The van der Waals surface area contributed by atoms with Crippen molar-refractivity contribution in [2.75, 3.05) is 16.8 Å². The fourth-order valence-corrected chi connectivity index (χ4v) is 1.65. The molecule has 0 radical (unpaired) electrons. The highest BCUT2D eigenvalue weighted by molar-refractivity contribution is 5.88. The minimum absolute atomic E-state index is 0.185. The minimum Gasteiger partial charge on any atom is -0.399 e. The summed E-state index contributed by atoms with van der Waals surface area (Å²) in [7, 11) is 0. The van der Waals surface area contributed by atoms with E-state index in [4.69, 9.17) is 11.5 Å². The predicted molar refractivity (Wildman–Crippen MR) is 70.2 cm³/mol. The molecule has 6 N–H and O–H groups in total. The number of aromatic amines is 1. The summed E-state index contributed by atoms with van der Waals surface area (Å²) in [6.07, 6.45) is 1.65. The van der Waals surface area contributed by atoms with Crippen LogP contribution >= 0.6 is 0 Å². The summed E-state index contributed by atoms with van der Waals surface area (Å²) in [5.41, 5.74) is 13.4. The SMILES string of the molecule is Nc1ccc(Nc2nc(N)nc3[nH]ncc23)cc1. The molecule has 1 aromatic carbocycles. The number of nitrogens with one attached hydrogen (secondary N) is 2. The molecule has 0 bridgehead atoms. The highest BCUT2D eigenvalue weighted by Gasteiger charge is 2.07. The first-order valence-corrected chi connectivity index (χ1v) is 5.31. The number of nitrogens with two attached hydrogens (primary N) is 2. The van der Waals surface area contributed by atoms with Crippen molar-refractivity contribution in [2.24, 2.45) is 0 Å². The molecule has 0 aliphatic carbocycles. The van der Waals surface area contributed by atoms with Crippen molar-refractivity contribution in [1.82, 2.24) is 20.2 Å². The fraction of sp³-hybridized carbons (Fsp3) is 0. The van der Waals surface area contributed by atoms with E-state index in [1.165, 1.54) is 0 Å². The number of hydrogen-bond acceptors (Lipinski definition) is 6. The monoisotopic (exact) mass is 241 g/mol. The van der Waals surface area contributed by atoms with E-state index in [1.54, 1.807) is 18.3 Å². The van der Waals surface area contributed by atoms with E-state index in [-0.39, 0.29) is 5.95 Å². The molecule has 0 fully saturated rings. The van der Waals surface area contributed by atoms with Crippen LogP contribution in [0.15, 0.2) is 30.5 Å². The predicted octanol–water partition coefficient (Wildman–Crippen LogP) is 1.26. The number of hydrogen-bond donors (Lipinski definition) is 4. The second-order valence-electron chi connectivity index (χ2n) is 3.81. The van der Waals surface area contributed by atoms with Crippen molar-refractivity contribution in [2.45, 2.75) is 0 Å². The van der Waals surface area contributed by atoms with Gasteiger partial charge in [-0.3, -0.25) is 5.10 Å². The van der Waals surface area contributed by atoms with Crippen LogP contribution in [0.2, 0.25) is 0 Å². The third-order valence-corrected chi connectivity index (χ3v) is 2.50. The van der Waals surface area contributed by atoms with Gasteiger partial charge in [0.05, 0.1) is 11.6 Å². The van der Waals surface area contributed by atoms with Crippen LogP contribution in [0.3, 0.4) is 0 Å². The average molecular weight is 241 g/mol. The van der Waals surface area contributed by atoms with Gasteiger partial charge in [0.15, 0.2) is 5.65 Å². The number of nitrogen functional groups attached to an aromatic ring is 2. The molecule has 90 valence electrons. The Hall–Kier alpha value is -2.83. The molecular formula is C11H11N7. The Morgan fingerprint density at radius 1 is 1.06 bits per heavy atom. The molecular weight excluding hydrogens is 230 g/mol. The Morgan fingerprint density at radius 2 is 1.83 bits per heavy atom. The number of rotatable bonds is 2. The summed E-state index contributed by atoms with van der Waals surface area (Å²) in [5.74, 6) is 0.792. The van der Waals surface area contributed by atoms with Gasteiger partial charge < -0.3 is 16.8 Å². The van der Waals surface area contributed by atoms with Gasteiger partial charge in [0.25, 0.3) is 0 Å². The molecule has 3 aromatic rings. The smallest absolute Gasteiger partial charge is 0.224 e. The summed E-state index contributed by atoms with van der Waals surface area (Å²) >= 11 is 0. The second-order valence-corrected chi connectivity index (χ2v) is 3.81. The van der Waals surface area contributed by atoms with Crippen molar-refractivity contribution in [3.63, 3.8) is 0 Å². The van der Waals surface area contributed by atoms with Crippen LogP contribution < -0.4 is 16.8 Å². The lowest BCUT2D eigenvalue weighted by Crippen LogP contribution is -2.00. The number of aromatic nitrogens is 4. The van der Waals surface area contributed by atoms with E-state index >= 15 is 0 Å². The van der Waals surface area contributed by atoms with E-state index in [1.807, 2.05) is 12.1 Å². The third-order valence-electron chi connectivity index (χ3n) is 2.50. The zero-order valence-corrected chi connectivity index (χ0v) is 9.38. The average Bonchev–Trinajstić information content (AvgIpc) is 2.80. The lowest BCUT2D eigenvalue weighted by Gasteiger charge is -2.07. The Balaban J connectivity index is 2.03. The van der Waals surface area contributed by atoms with E-state index in [0.29, 0.717) is 17.2 Å². The quantitative estimate of drug-likeness (QED) is 0.501. The number of benzene rings is 1. The molecule has 18 heavy (non-hydrogen) atoms. The van der Waals surface area contributed by atoms with Gasteiger partial charge in [-0.05, 0) is 24.3 Å². The lowest BCUT2D eigenvalue weighted by atomic mass is 10.3. The summed E-state index contributed by atoms with van der Waals surface area (Å²) < 4.78 is 0. The molecule has 0 amide bonds. The first-order valence-electron chi connectivity index (χ1n) is 5.31. The van der Waals surface area contributed by atoms with E-state index in [9.17, 15) is 0 Å². The van der Waals surface area contributed by atoms with Gasteiger partial charge in [0.1, 0.15) is 5.82 Å². The Kier molecular flexibility index (Phi) is 2.23. The molecule has 0 spiro atoms. The topological polar surface area (TPSA) is 119 Å². The highest BCUT2D eigenvalue weighted by Crippen LogP contribution is 2.23. The van der Waals surface area contributed by atoms with Crippen LogP contribution in [-0.2, 0) is 0 Å². The van der Waals surface area contributed by atoms with E-state index in [0.717, 1.165) is 11.1 Å². The number of H-pyrrole nitrogens is 1. The van der Waals surface area contributed by atoms with Gasteiger partial charge in [0, 0.05) is 11.4 Å². The lowest BCUT2D eigenvalue weighted by molar-refractivity contribution is 1.09. The van der Waals surface area contributed by atoms with Crippen molar-refractivity contribution in [1.29, 1.82) is 0 Å². The fourth-order valence-electron chi connectivity index (χ4n) is 1.65. The molecule has 7 heteroatoms. The van der Waals surface area contributed by atoms with Gasteiger partial charge in [0.2, 0.25) is 5.95 Å². The summed E-state index contributed by atoms with van der Waals surface area (Å²) in [6, 6.07) is 7.33. The molecule has 0 aliphatic heterocycles. The van der Waals surface area contributed by atoms with Gasteiger partial charge in [-0.25, -0.2) is 0 Å². The molecule has 7 nitrogen and oxygen atoms in total. The highest BCUT2D eigenvalue weighted by atomic mass is 15.2. The molecule has 3 rings (SSSR count). The molecule has 0 saturated carbocycles. The van der Waals surface area contributed by atoms with Crippen LogP contribution in [-0.4, -0.2) is 20.2 Å². The Labute approximate surface area is 102 Å². The standard InChI is InChI=1S/C11H11N7/c12-6-1-3-7(4-2-6)15-9-8-5-14-18-10(8)17-11(13)16-9/h1-5H,12H2,(H4,13,14,15,16,17,18). The molecule has 0 saturated heterocycles. The normalized spacial score (nSPS) is 10.7. The van der Waals surface area contributed by atoms with Crippen molar-refractivity contribution < 1.29 is 0 Å². The molecule has 0 atom stereocenters. The van der Waals surface area contributed by atoms with Crippen LogP contribution in [0.25, 0.3) is 11.0 Å². The minimum atomic E-state index is 0.185. The summed E-state index contributed by atoms with van der Waals surface area (Å²) in [6.45, 7) is 0. The van der Waals surface area contributed by atoms with Crippen LogP contribution in [0.4, 0.5) is 23.1 Å². The van der Waals surface area contributed by atoms with Gasteiger partial charge >= 0.3 is 0 Å². The maximum atomic E-state index is 5.63. The molecule has 0 unspecified atom stereocenters. The van der Waals surface area contributed by atoms with Crippen molar-refractivity contribution in [3.8, 4) is 0 Å². The molecule has 0 aliphatic rings. The first-order chi connectivity index (χ1) is 8.72. The Bertz CT molecular complexity index is 686. The largest absolute Gasteiger partial charge is 0.399 e. The zero-order chi connectivity index (χ0) is 12.5. The number of nitrogens with zero attached hydrogens (tertiary/aromatic N) is 3. The van der Waals surface area contributed by atoms with Crippen LogP contribution in [0, 0.1) is 0 Å². The summed E-state index contributed by atoms with van der Waals surface area (Å²) in [5, 5.41) is 10.6. The third kappa shape index (κ3) is 1.77. The maximum absolute atomic E-state index is 5.63. The van der Waals surface area contributed by atoms with Gasteiger partial charge in [-0.2, -0.15) is 15.1 Å². The number of fused-ring (bicyclic) bond motifs is 1. The van der Waals surface area contributed by atoms with Gasteiger partial charge in [-0.1, -0.05) is 0 Å². The van der Waals surface area contributed by atoms with Gasteiger partial charge in [-0.15, -0.1) is 0 Å². The van der Waals surface area contributed by atoms with Crippen LogP contribution in [0.5, 0.6) is 0 Å². The maximum Gasteiger partial charge on any atom is 0.224 e. The molecule has 2 heterocycles. The second kappa shape index (κ2) is 3.88. The van der Waals surface area contributed by atoms with Crippen LogP contribution in [0.1, 0.15) is 0 Å². The molecule has 2 aromatic heterocycles.